The second kappa shape index (κ2) is 7.41. The Kier molecular flexibility index (Phi) is 5.32. The summed E-state index contributed by atoms with van der Waals surface area (Å²) in [6.45, 7) is 5.59. The number of amides is 1. The molecule has 0 aromatic heterocycles. The minimum absolute atomic E-state index is 0.393. The van der Waals surface area contributed by atoms with E-state index in [0.717, 1.165) is 16.7 Å². The Hall–Kier alpha value is -2.87. The molecular weight excluding hydrogens is 282 g/mol. The van der Waals surface area contributed by atoms with Gasteiger partial charge in [-0.3, -0.25) is 4.79 Å². The van der Waals surface area contributed by atoms with E-state index in [2.05, 4.69) is 6.58 Å². The molecule has 0 spiro atoms. The van der Waals surface area contributed by atoms with Crippen molar-refractivity contribution in [1.82, 2.24) is 0 Å². The molecule has 2 heteroatoms. The highest BCUT2D eigenvalue weighted by Gasteiger charge is 2.41. The molecule has 1 amide bonds. The fraction of sp³-hybridized carbons (Fsp3) is 0.0952. The highest BCUT2D eigenvalue weighted by Crippen LogP contribution is 2.39. The van der Waals surface area contributed by atoms with Gasteiger partial charge in [0.05, 0.1) is 0 Å². The van der Waals surface area contributed by atoms with Crippen LogP contribution in [-0.2, 0) is 10.2 Å². The van der Waals surface area contributed by atoms with Crippen LogP contribution < -0.4 is 5.73 Å². The number of hydrogen-bond acceptors (Lipinski definition) is 1. The minimum Gasteiger partial charge on any atom is -0.368 e. The van der Waals surface area contributed by atoms with Crippen molar-refractivity contribution < 1.29 is 4.79 Å². The van der Waals surface area contributed by atoms with Gasteiger partial charge in [0.2, 0.25) is 5.91 Å². The number of allylic oxidation sites excluding steroid dienone is 4. The first-order chi connectivity index (χ1) is 11.1. The standard InChI is InChI=1S/C21H21NO/c1-3-4-7-12-17(2)21(20(22)23,18-13-8-5-9-14-18)19-15-10-6-11-16-19/h3-16H,1H2,2H3,(H2,22,23)/b7-4-,17-12+. The van der Waals surface area contributed by atoms with E-state index in [0.29, 0.717) is 0 Å². The average Bonchev–Trinajstić information content (AvgIpc) is 2.57. The van der Waals surface area contributed by atoms with Crippen LogP contribution in [0.5, 0.6) is 0 Å². The third-order valence-corrected chi connectivity index (χ3v) is 3.97. The summed E-state index contributed by atoms with van der Waals surface area (Å²) in [5, 5.41) is 0. The minimum atomic E-state index is -0.992. The first-order valence-corrected chi connectivity index (χ1v) is 7.51. The second-order valence-electron chi connectivity index (χ2n) is 5.32. The smallest absolute Gasteiger partial charge is 0.236 e. The van der Waals surface area contributed by atoms with Crippen LogP contribution in [0.4, 0.5) is 0 Å². The lowest BCUT2D eigenvalue weighted by atomic mass is 9.68. The third-order valence-electron chi connectivity index (χ3n) is 3.97. The molecule has 2 rings (SSSR count). The number of benzene rings is 2. The van der Waals surface area contributed by atoms with E-state index >= 15 is 0 Å². The maximum absolute atomic E-state index is 12.6. The Morgan fingerprint density at radius 1 is 0.957 bits per heavy atom. The molecule has 0 aliphatic carbocycles. The average molecular weight is 303 g/mol. The van der Waals surface area contributed by atoms with Gasteiger partial charge < -0.3 is 5.73 Å². The highest BCUT2D eigenvalue weighted by atomic mass is 16.1. The molecule has 0 heterocycles. The summed E-state index contributed by atoms with van der Waals surface area (Å²) in [6, 6.07) is 19.3. The predicted molar refractivity (Wildman–Crippen MR) is 96.0 cm³/mol. The van der Waals surface area contributed by atoms with Gasteiger partial charge in [0.25, 0.3) is 0 Å². The van der Waals surface area contributed by atoms with Crippen molar-refractivity contribution in [2.75, 3.05) is 0 Å². The number of carbonyl (C=O) groups is 1. The Morgan fingerprint density at radius 2 is 1.43 bits per heavy atom. The normalized spacial score (nSPS) is 12.3. The first kappa shape index (κ1) is 16.5. The number of rotatable bonds is 6. The van der Waals surface area contributed by atoms with Gasteiger partial charge in [0.1, 0.15) is 5.41 Å². The van der Waals surface area contributed by atoms with E-state index < -0.39 is 11.3 Å². The van der Waals surface area contributed by atoms with Crippen molar-refractivity contribution in [2.45, 2.75) is 12.3 Å². The van der Waals surface area contributed by atoms with Crippen molar-refractivity contribution >= 4 is 5.91 Å². The molecule has 0 aliphatic heterocycles. The van der Waals surface area contributed by atoms with Gasteiger partial charge in [-0.25, -0.2) is 0 Å². The predicted octanol–water partition coefficient (Wildman–Crippen LogP) is 4.15. The van der Waals surface area contributed by atoms with Gasteiger partial charge in [0, 0.05) is 0 Å². The van der Waals surface area contributed by atoms with E-state index in [9.17, 15) is 4.79 Å². The van der Waals surface area contributed by atoms with E-state index in [-0.39, 0.29) is 0 Å². The van der Waals surface area contributed by atoms with Crippen molar-refractivity contribution in [3.8, 4) is 0 Å². The monoisotopic (exact) mass is 303 g/mol. The summed E-state index contributed by atoms with van der Waals surface area (Å²) in [7, 11) is 0. The molecule has 0 saturated carbocycles. The number of hydrogen-bond donors (Lipinski definition) is 1. The fourth-order valence-electron chi connectivity index (χ4n) is 2.88. The Labute approximate surface area is 137 Å². The van der Waals surface area contributed by atoms with Crippen molar-refractivity contribution in [1.29, 1.82) is 0 Å². The summed E-state index contributed by atoms with van der Waals surface area (Å²) < 4.78 is 0. The van der Waals surface area contributed by atoms with Crippen LogP contribution >= 0.6 is 0 Å². The molecule has 2 aromatic rings. The number of primary amides is 1. The summed E-state index contributed by atoms with van der Waals surface area (Å²) >= 11 is 0. The molecule has 0 fully saturated rings. The summed E-state index contributed by atoms with van der Waals surface area (Å²) in [4.78, 5) is 12.6. The van der Waals surface area contributed by atoms with Crippen LogP contribution in [0.2, 0.25) is 0 Å². The maximum Gasteiger partial charge on any atom is 0.236 e. The molecule has 0 unspecified atom stereocenters. The van der Waals surface area contributed by atoms with Crippen molar-refractivity contribution in [3.05, 3.63) is 108 Å². The van der Waals surface area contributed by atoms with E-state index in [1.807, 2.05) is 85.8 Å². The molecule has 0 aliphatic rings. The van der Waals surface area contributed by atoms with Crippen LogP contribution in [0.3, 0.4) is 0 Å². The summed E-state index contributed by atoms with van der Waals surface area (Å²) in [5.74, 6) is -0.393. The van der Waals surface area contributed by atoms with Gasteiger partial charge in [-0.1, -0.05) is 91.5 Å². The molecule has 2 nitrogen and oxygen atoms in total. The van der Waals surface area contributed by atoms with Crippen molar-refractivity contribution in [3.63, 3.8) is 0 Å². The summed E-state index contributed by atoms with van der Waals surface area (Å²) in [6.07, 6.45) is 7.30. The van der Waals surface area contributed by atoms with E-state index in [4.69, 9.17) is 5.73 Å². The molecule has 0 bridgehead atoms. The van der Waals surface area contributed by atoms with Crippen LogP contribution in [-0.4, -0.2) is 5.91 Å². The van der Waals surface area contributed by atoms with Gasteiger partial charge >= 0.3 is 0 Å². The zero-order chi connectivity index (χ0) is 16.7. The molecule has 0 saturated heterocycles. The zero-order valence-electron chi connectivity index (χ0n) is 13.3. The number of nitrogens with two attached hydrogens (primary N) is 1. The molecule has 2 aromatic carbocycles. The van der Waals surface area contributed by atoms with Gasteiger partial charge in [-0.05, 0) is 23.6 Å². The van der Waals surface area contributed by atoms with E-state index in [1.54, 1.807) is 6.08 Å². The first-order valence-electron chi connectivity index (χ1n) is 7.51. The van der Waals surface area contributed by atoms with Crippen LogP contribution in [0, 0.1) is 0 Å². The summed E-state index contributed by atoms with van der Waals surface area (Å²) in [5.41, 5.74) is 7.51. The van der Waals surface area contributed by atoms with Gasteiger partial charge in [-0.15, -0.1) is 0 Å². The van der Waals surface area contributed by atoms with E-state index in [1.165, 1.54) is 0 Å². The number of carbonyl (C=O) groups excluding carboxylic acids is 1. The molecule has 116 valence electrons. The zero-order valence-corrected chi connectivity index (χ0v) is 13.3. The molecule has 2 N–H and O–H groups in total. The van der Waals surface area contributed by atoms with Crippen LogP contribution in [0.1, 0.15) is 18.1 Å². The SMILES string of the molecule is C=C/C=C\C=C(/C)C(C(N)=O)(c1ccccc1)c1ccccc1. The third kappa shape index (κ3) is 3.16. The maximum atomic E-state index is 12.6. The highest BCUT2D eigenvalue weighted by molar-refractivity contribution is 5.94. The lowest BCUT2D eigenvalue weighted by molar-refractivity contribution is -0.121. The van der Waals surface area contributed by atoms with Crippen molar-refractivity contribution in [2.24, 2.45) is 5.73 Å². The quantitative estimate of drug-likeness (QED) is 0.801. The molecule has 0 atom stereocenters. The Bertz CT molecular complexity index is 687. The fourth-order valence-corrected chi connectivity index (χ4v) is 2.88. The Balaban J connectivity index is 2.76. The topological polar surface area (TPSA) is 43.1 Å². The lowest BCUT2D eigenvalue weighted by Crippen LogP contribution is -2.43. The molecule has 0 radical (unpaired) electrons. The van der Waals surface area contributed by atoms with Crippen LogP contribution in [0.25, 0.3) is 0 Å². The Morgan fingerprint density at radius 3 is 1.83 bits per heavy atom. The molecular formula is C21H21NO. The largest absolute Gasteiger partial charge is 0.368 e. The van der Waals surface area contributed by atoms with Gasteiger partial charge in [0.15, 0.2) is 0 Å². The second-order valence-corrected chi connectivity index (χ2v) is 5.32. The van der Waals surface area contributed by atoms with Gasteiger partial charge in [-0.2, -0.15) is 0 Å². The lowest BCUT2D eigenvalue weighted by Gasteiger charge is -2.33. The molecule has 23 heavy (non-hydrogen) atoms. The van der Waals surface area contributed by atoms with Crippen LogP contribution in [0.15, 0.2) is 97.1 Å².